The Morgan fingerprint density at radius 2 is 1.91 bits per heavy atom. The molecule has 2 rings (SSSR count). The van der Waals surface area contributed by atoms with Crippen LogP contribution in [0.2, 0.25) is 0 Å². The van der Waals surface area contributed by atoms with Gasteiger partial charge in [0.05, 0.1) is 19.8 Å². The van der Waals surface area contributed by atoms with Gasteiger partial charge in [-0.15, -0.1) is 6.58 Å². The largest absolute Gasteiger partial charge is 0.376 e. The fourth-order valence-corrected chi connectivity index (χ4v) is 2.47. The van der Waals surface area contributed by atoms with Crippen LogP contribution in [-0.2, 0) is 30.3 Å². The molecule has 122 valence electrons. The first-order valence-electron chi connectivity index (χ1n) is 7.35. The van der Waals surface area contributed by atoms with E-state index >= 15 is 0 Å². The van der Waals surface area contributed by atoms with Crippen LogP contribution in [0.5, 0.6) is 0 Å². The van der Waals surface area contributed by atoms with Crippen LogP contribution in [0.4, 0.5) is 0 Å². The maximum Gasteiger partial charge on any atom is 0.186 e. The van der Waals surface area contributed by atoms with Crippen LogP contribution < -0.4 is 0 Å². The molecule has 0 spiro atoms. The monoisotopic (exact) mass is 308 g/mol. The molecule has 1 aliphatic heterocycles. The molecular weight excluding hydrogens is 284 g/mol. The normalized spacial score (nSPS) is 28.5. The van der Waals surface area contributed by atoms with Crippen molar-refractivity contribution in [3.05, 3.63) is 48.6 Å². The lowest BCUT2D eigenvalue weighted by molar-refractivity contribution is -0.286. The molecule has 5 heteroatoms. The summed E-state index contributed by atoms with van der Waals surface area (Å²) in [6.45, 7) is 4.93. The third-order valence-electron chi connectivity index (χ3n) is 3.62. The summed E-state index contributed by atoms with van der Waals surface area (Å²) in [7, 11) is 3.26. The Balaban J connectivity index is 2.02. The Kier molecular flexibility index (Phi) is 7.02. The lowest BCUT2D eigenvalue weighted by Crippen LogP contribution is -2.56. The number of benzene rings is 1. The Labute approximate surface area is 131 Å². The van der Waals surface area contributed by atoms with Crippen molar-refractivity contribution in [1.82, 2.24) is 0 Å². The Hall–Kier alpha value is -1.24. The van der Waals surface area contributed by atoms with E-state index < -0.39 is 6.29 Å². The summed E-state index contributed by atoms with van der Waals surface area (Å²) < 4.78 is 28.3. The minimum absolute atomic E-state index is 0.197. The van der Waals surface area contributed by atoms with E-state index in [0.717, 1.165) is 5.56 Å². The standard InChI is InChI=1S/C17H24O5/c1-4-10-20-17-16(19-3)15(14(18-2)12-22-17)21-11-13-8-6-5-7-9-13/h4-9,14-17H,1,10-12H2,2-3H3/t14-,15+,16+,17+/m0/s1. The van der Waals surface area contributed by atoms with E-state index in [0.29, 0.717) is 19.8 Å². The van der Waals surface area contributed by atoms with E-state index in [4.69, 9.17) is 23.7 Å². The molecule has 4 atom stereocenters. The number of hydrogen-bond acceptors (Lipinski definition) is 5. The van der Waals surface area contributed by atoms with Crippen LogP contribution in [0.1, 0.15) is 5.56 Å². The minimum atomic E-state index is -0.491. The van der Waals surface area contributed by atoms with Crippen molar-refractivity contribution >= 4 is 0 Å². The summed E-state index contributed by atoms with van der Waals surface area (Å²) in [5.74, 6) is 0. The molecule has 0 unspecified atom stereocenters. The third-order valence-corrected chi connectivity index (χ3v) is 3.62. The topological polar surface area (TPSA) is 46.2 Å². The van der Waals surface area contributed by atoms with Gasteiger partial charge in [0.2, 0.25) is 0 Å². The molecule has 0 aromatic heterocycles. The van der Waals surface area contributed by atoms with Gasteiger partial charge in [0.1, 0.15) is 18.3 Å². The van der Waals surface area contributed by atoms with Crippen molar-refractivity contribution in [2.75, 3.05) is 27.4 Å². The summed E-state index contributed by atoms with van der Waals surface area (Å²) in [4.78, 5) is 0. The summed E-state index contributed by atoms with van der Waals surface area (Å²) in [6.07, 6.45) is 0.367. The van der Waals surface area contributed by atoms with Gasteiger partial charge in [-0.05, 0) is 5.56 Å². The molecule has 0 saturated carbocycles. The molecule has 1 heterocycles. The zero-order valence-electron chi connectivity index (χ0n) is 13.1. The van der Waals surface area contributed by atoms with Crippen LogP contribution in [0.25, 0.3) is 0 Å². The molecule has 0 N–H and O–H groups in total. The van der Waals surface area contributed by atoms with E-state index in [1.165, 1.54) is 0 Å². The van der Waals surface area contributed by atoms with Crippen LogP contribution in [-0.4, -0.2) is 52.0 Å². The quantitative estimate of drug-likeness (QED) is 0.689. The molecule has 22 heavy (non-hydrogen) atoms. The van der Waals surface area contributed by atoms with Crippen LogP contribution >= 0.6 is 0 Å². The average Bonchev–Trinajstić information content (AvgIpc) is 2.58. The van der Waals surface area contributed by atoms with Gasteiger partial charge in [-0.1, -0.05) is 36.4 Å². The first-order chi connectivity index (χ1) is 10.8. The fraction of sp³-hybridized carbons (Fsp3) is 0.529. The highest BCUT2D eigenvalue weighted by Gasteiger charge is 2.42. The molecule has 1 aromatic rings. The number of rotatable bonds is 8. The zero-order chi connectivity index (χ0) is 15.8. The van der Waals surface area contributed by atoms with E-state index in [1.54, 1.807) is 20.3 Å². The summed E-state index contributed by atoms with van der Waals surface area (Å²) in [5, 5.41) is 0. The van der Waals surface area contributed by atoms with E-state index in [-0.39, 0.29) is 18.3 Å². The first kappa shape index (κ1) is 17.1. The van der Waals surface area contributed by atoms with Gasteiger partial charge < -0.3 is 23.7 Å². The lowest BCUT2D eigenvalue weighted by Gasteiger charge is -2.40. The molecule has 0 amide bonds. The maximum absolute atomic E-state index is 6.05. The second-order valence-corrected chi connectivity index (χ2v) is 5.06. The van der Waals surface area contributed by atoms with Gasteiger partial charge in [0.25, 0.3) is 0 Å². The smallest absolute Gasteiger partial charge is 0.186 e. The highest BCUT2D eigenvalue weighted by atomic mass is 16.7. The molecular formula is C17H24O5. The molecule has 0 radical (unpaired) electrons. The number of methoxy groups -OCH3 is 2. The molecule has 0 bridgehead atoms. The van der Waals surface area contributed by atoms with Gasteiger partial charge in [-0.2, -0.15) is 0 Å². The summed E-state index contributed by atoms with van der Waals surface area (Å²) in [6, 6.07) is 10.00. The van der Waals surface area contributed by atoms with Crippen molar-refractivity contribution in [3.63, 3.8) is 0 Å². The summed E-state index contributed by atoms with van der Waals surface area (Å²) >= 11 is 0. The van der Waals surface area contributed by atoms with Crippen molar-refractivity contribution in [2.24, 2.45) is 0 Å². The average molecular weight is 308 g/mol. The number of ether oxygens (including phenoxy) is 5. The van der Waals surface area contributed by atoms with Gasteiger partial charge >= 0.3 is 0 Å². The zero-order valence-corrected chi connectivity index (χ0v) is 13.1. The fourth-order valence-electron chi connectivity index (χ4n) is 2.47. The van der Waals surface area contributed by atoms with Gasteiger partial charge in [0, 0.05) is 14.2 Å². The highest BCUT2D eigenvalue weighted by Crippen LogP contribution is 2.24. The predicted octanol–water partition coefficient (Wildman–Crippen LogP) is 2.16. The summed E-state index contributed by atoms with van der Waals surface area (Å²) in [5.41, 5.74) is 1.10. The van der Waals surface area contributed by atoms with Crippen LogP contribution in [0, 0.1) is 0 Å². The first-order valence-corrected chi connectivity index (χ1v) is 7.35. The Morgan fingerprint density at radius 3 is 2.55 bits per heavy atom. The second kappa shape index (κ2) is 9.02. The number of hydrogen-bond donors (Lipinski definition) is 0. The van der Waals surface area contributed by atoms with Crippen molar-refractivity contribution < 1.29 is 23.7 Å². The van der Waals surface area contributed by atoms with Gasteiger partial charge in [0.15, 0.2) is 6.29 Å². The lowest BCUT2D eigenvalue weighted by atomic mass is 10.0. The van der Waals surface area contributed by atoms with Crippen LogP contribution in [0.3, 0.4) is 0 Å². The molecule has 1 aromatic carbocycles. The minimum Gasteiger partial charge on any atom is -0.376 e. The predicted molar refractivity (Wildman–Crippen MR) is 82.5 cm³/mol. The van der Waals surface area contributed by atoms with Crippen molar-refractivity contribution in [2.45, 2.75) is 31.2 Å². The molecule has 1 aliphatic rings. The van der Waals surface area contributed by atoms with Crippen molar-refractivity contribution in [3.8, 4) is 0 Å². The molecule has 0 aliphatic carbocycles. The molecule has 1 fully saturated rings. The third kappa shape index (κ3) is 4.38. The van der Waals surface area contributed by atoms with Gasteiger partial charge in [-0.25, -0.2) is 0 Å². The Bertz CT molecular complexity index is 436. The van der Waals surface area contributed by atoms with E-state index in [1.807, 2.05) is 30.3 Å². The van der Waals surface area contributed by atoms with Crippen molar-refractivity contribution in [1.29, 1.82) is 0 Å². The maximum atomic E-state index is 6.05. The Morgan fingerprint density at radius 1 is 1.14 bits per heavy atom. The molecule has 1 saturated heterocycles. The second-order valence-electron chi connectivity index (χ2n) is 5.06. The molecule has 5 nitrogen and oxygen atoms in total. The van der Waals surface area contributed by atoms with Crippen LogP contribution in [0.15, 0.2) is 43.0 Å². The SMILES string of the molecule is C=CCO[C@@H]1OC[C@H](OC)[C@@H](OCc2ccccc2)[C@H]1OC. The van der Waals surface area contributed by atoms with E-state index in [9.17, 15) is 0 Å². The highest BCUT2D eigenvalue weighted by molar-refractivity contribution is 5.13. The van der Waals surface area contributed by atoms with E-state index in [2.05, 4.69) is 6.58 Å². The van der Waals surface area contributed by atoms with Gasteiger partial charge in [-0.3, -0.25) is 0 Å².